The van der Waals surface area contributed by atoms with Crippen LogP contribution in [-0.2, 0) is 22.6 Å². The molecule has 0 aromatic heterocycles. The molecule has 0 saturated heterocycles. The van der Waals surface area contributed by atoms with Gasteiger partial charge in [0.2, 0.25) is 0 Å². The maximum Gasteiger partial charge on any atom is 0.313 e. The molecule has 2 aromatic carbocycles. The van der Waals surface area contributed by atoms with E-state index >= 15 is 0 Å². The molecule has 0 aliphatic heterocycles. The van der Waals surface area contributed by atoms with E-state index in [4.69, 9.17) is 0 Å². The summed E-state index contributed by atoms with van der Waals surface area (Å²) in [4.78, 5) is 36.3. The van der Waals surface area contributed by atoms with Gasteiger partial charge in [-0.2, -0.15) is 0 Å². The first kappa shape index (κ1) is 19.9. The van der Waals surface area contributed by atoms with Crippen molar-refractivity contribution in [3.05, 3.63) is 77.9 Å². The van der Waals surface area contributed by atoms with Crippen LogP contribution in [0.15, 0.2) is 61.2 Å². The third-order valence-corrected chi connectivity index (χ3v) is 3.92. The zero-order valence-corrected chi connectivity index (χ0v) is 15.2. The van der Waals surface area contributed by atoms with Gasteiger partial charge in [0.1, 0.15) is 0 Å². The Balaban J connectivity index is 1.96. The van der Waals surface area contributed by atoms with Gasteiger partial charge in [0.05, 0.1) is 11.3 Å². The number of carbonyl (C=O) groups is 3. The minimum atomic E-state index is -0.829. The molecule has 0 aliphatic carbocycles. The zero-order chi connectivity index (χ0) is 19.6. The lowest BCUT2D eigenvalue weighted by Gasteiger charge is -2.11. The second kappa shape index (κ2) is 9.91. The standard InChI is InChI=1S/C21H23N3O3/c1-3-13-22-19(25)17-7-5-6-8-18(17)24-21(27)20(26)23-14-16-11-9-15(4-2)10-12-16/h3,5-12H,1,4,13-14H2,2H3,(H,22,25)(H,23,26)(H,24,27). The van der Waals surface area contributed by atoms with Crippen LogP contribution in [0.3, 0.4) is 0 Å². The van der Waals surface area contributed by atoms with Crippen molar-refractivity contribution in [2.24, 2.45) is 0 Å². The SMILES string of the molecule is C=CCNC(=O)c1ccccc1NC(=O)C(=O)NCc1ccc(CC)cc1. The molecule has 0 spiro atoms. The molecule has 2 rings (SSSR count). The van der Waals surface area contributed by atoms with Crippen LogP contribution in [0.5, 0.6) is 0 Å². The topological polar surface area (TPSA) is 87.3 Å². The smallest absolute Gasteiger partial charge is 0.313 e. The highest BCUT2D eigenvalue weighted by atomic mass is 16.2. The van der Waals surface area contributed by atoms with Crippen LogP contribution in [0.2, 0.25) is 0 Å². The van der Waals surface area contributed by atoms with Crippen LogP contribution in [0.1, 0.15) is 28.4 Å². The average molecular weight is 365 g/mol. The van der Waals surface area contributed by atoms with Gasteiger partial charge in [-0.3, -0.25) is 14.4 Å². The molecule has 0 heterocycles. The normalized spacial score (nSPS) is 9.96. The number of benzene rings is 2. The largest absolute Gasteiger partial charge is 0.349 e. The van der Waals surface area contributed by atoms with Gasteiger partial charge in [0.15, 0.2) is 0 Å². The molecular formula is C21H23N3O3. The van der Waals surface area contributed by atoms with Gasteiger partial charge >= 0.3 is 11.8 Å². The Morgan fingerprint density at radius 3 is 2.26 bits per heavy atom. The van der Waals surface area contributed by atoms with Gasteiger partial charge in [-0.05, 0) is 29.7 Å². The molecular weight excluding hydrogens is 342 g/mol. The van der Waals surface area contributed by atoms with Gasteiger partial charge in [0, 0.05) is 13.1 Å². The predicted molar refractivity (Wildman–Crippen MR) is 105 cm³/mol. The Bertz CT molecular complexity index is 829. The molecule has 0 saturated carbocycles. The fourth-order valence-electron chi connectivity index (χ4n) is 2.38. The van der Waals surface area contributed by atoms with Crippen molar-refractivity contribution >= 4 is 23.4 Å². The van der Waals surface area contributed by atoms with Crippen LogP contribution in [0.25, 0.3) is 0 Å². The van der Waals surface area contributed by atoms with E-state index in [1.165, 1.54) is 5.56 Å². The van der Waals surface area contributed by atoms with E-state index in [2.05, 4.69) is 29.5 Å². The van der Waals surface area contributed by atoms with Crippen molar-refractivity contribution in [3.8, 4) is 0 Å². The second-order valence-electron chi connectivity index (χ2n) is 5.85. The molecule has 0 bridgehead atoms. The van der Waals surface area contributed by atoms with Gasteiger partial charge in [0.25, 0.3) is 5.91 Å². The zero-order valence-electron chi connectivity index (χ0n) is 15.2. The maximum absolute atomic E-state index is 12.2. The summed E-state index contributed by atoms with van der Waals surface area (Å²) in [6, 6.07) is 14.3. The number of aryl methyl sites for hydroxylation is 1. The Kier molecular flexibility index (Phi) is 7.31. The Morgan fingerprint density at radius 2 is 1.59 bits per heavy atom. The van der Waals surface area contributed by atoms with Gasteiger partial charge in [-0.15, -0.1) is 6.58 Å². The molecule has 0 aliphatic rings. The molecule has 6 heteroatoms. The quantitative estimate of drug-likeness (QED) is 0.520. The van der Waals surface area contributed by atoms with Crippen molar-refractivity contribution in [3.63, 3.8) is 0 Å². The van der Waals surface area contributed by atoms with E-state index in [9.17, 15) is 14.4 Å². The summed E-state index contributed by atoms with van der Waals surface area (Å²) in [7, 11) is 0. The predicted octanol–water partition coefficient (Wildman–Crippen LogP) is 2.42. The Morgan fingerprint density at radius 1 is 0.926 bits per heavy atom. The number of nitrogens with one attached hydrogen (secondary N) is 3. The van der Waals surface area contributed by atoms with E-state index in [1.54, 1.807) is 30.3 Å². The second-order valence-corrected chi connectivity index (χ2v) is 5.85. The number of anilines is 1. The first-order chi connectivity index (χ1) is 13.0. The van der Waals surface area contributed by atoms with Crippen molar-refractivity contribution in [1.29, 1.82) is 0 Å². The van der Waals surface area contributed by atoms with E-state index < -0.39 is 11.8 Å². The van der Waals surface area contributed by atoms with Crippen LogP contribution >= 0.6 is 0 Å². The van der Waals surface area contributed by atoms with Crippen molar-refractivity contribution in [2.45, 2.75) is 19.9 Å². The van der Waals surface area contributed by atoms with Crippen LogP contribution in [-0.4, -0.2) is 24.3 Å². The lowest BCUT2D eigenvalue weighted by atomic mass is 10.1. The fraction of sp³-hybridized carbons (Fsp3) is 0.190. The molecule has 6 nitrogen and oxygen atoms in total. The maximum atomic E-state index is 12.2. The van der Waals surface area contributed by atoms with Crippen molar-refractivity contribution in [1.82, 2.24) is 10.6 Å². The number of carbonyl (C=O) groups excluding carboxylic acids is 3. The van der Waals surface area contributed by atoms with Gasteiger partial charge < -0.3 is 16.0 Å². The first-order valence-electron chi connectivity index (χ1n) is 8.70. The minimum Gasteiger partial charge on any atom is -0.349 e. The third-order valence-electron chi connectivity index (χ3n) is 3.92. The van der Waals surface area contributed by atoms with Gasteiger partial charge in [-0.25, -0.2) is 0 Å². The van der Waals surface area contributed by atoms with Crippen LogP contribution in [0, 0.1) is 0 Å². The number of amides is 3. The molecule has 0 radical (unpaired) electrons. The molecule has 3 N–H and O–H groups in total. The summed E-state index contributed by atoms with van der Waals surface area (Å²) < 4.78 is 0. The van der Waals surface area contributed by atoms with Crippen LogP contribution in [0.4, 0.5) is 5.69 Å². The summed E-state index contributed by atoms with van der Waals surface area (Å²) in [5.41, 5.74) is 2.65. The first-order valence-corrected chi connectivity index (χ1v) is 8.70. The van der Waals surface area contributed by atoms with E-state index in [0.717, 1.165) is 12.0 Å². The highest BCUT2D eigenvalue weighted by Crippen LogP contribution is 2.14. The van der Waals surface area contributed by atoms with Crippen LogP contribution < -0.4 is 16.0 Å². The number of para-hydroxylation sites is 1. The summed E-state index contributed by atoms with van der Waals surface area (Å²) in [5.74, 6) is -1.96. The summed E-state index contributed by atoms with van der Waals surface area (Å²) in [5, 5.41) is 7.70. The number of rotatable bonds is 7. The minimum absolute atomic E-state index is 0.248. The lowest BCUT2D eigenvalue weighted by Crippen LogP contribution is -2.35. The Hall–Kier alpha value is -3.41. The van der Waals surface area contributed by atoms with Crippen molar-refractivity contribution in [2.75, 3.05) is 11.9 Å². The lowest BCUT2D eigenvalue weighted by molar-refractivity contribution is -0.136. The van der Waals surface area contributed by atoms with E-state index in [1.807, 2.05) is 24.3 Å². The molecule has 0 fully saturated rings. The van der Waals surface area contributed by atoms with Crippen molar-refractivity contribution < 1.29 is 14.4 Å². The van der Waals surface area contributed by atoms with E-state index in [-0.39, 0.29) is 23.7 Å². The molecule has 3 amide bonds. The molecule has 140 valence electrons. The summed E-state index contributed by atoms with van der Waals surface area (Å²) in [6.07, 6.45) is 2.49. The monoisotopic (exact) mass is 365 g/mol. The highest BCUT2D eigenvalue weighted by Gasteiger charge is 2.17. The number of hydrogen-bond donors (Lipinski definition) is 3. The molecule has 2 aromatic rings. The fourth-order valence-corrected chi connectivity index (χ4v) is 2.38. The average Bonchev–Trinajstić information content (AvgIpc) is 2.70. The third kappa shape index (κ3) is 5.81. The number of hydrogen-bond acceptors (Lipinski definition) is 3. The molecule has 27 heavy (non-hydrogen) atoms. The van der Waals surface area contributed by atoms with Gasteiger partial charge in [-0.1, -0.05) is 49.4 Å². The Labute approximate surface area is 158 Å². The molecule has 0 unspecified atom stereocenters. The van der Waals surface area contributed by atoms with E-state index in [0.29, 0.717) is 6.54 Å². The highest BCUT2D eigenvalue weighted by molar-refractivity contribution is 6.40. The summed E-state index contributed by atoms with van der Waals surface area (Å²) >= 11 is 0. The molecule has 0 atom stereocenters. The summed E-state index contributed by atoms with van der Waals surface area (Å²) in [6.45, 7) is 6.16.